The zero-order valence-corrected chi connectivity index (χ0v) is 6.67. The first-order chi connectivity index (χ1) is 5.77. The van der Waals surface area contributed by atoms with Crippen molar-refractivity contribution in [2.45, 2.75) is 12.5 Å². The highest BCUT2D eigenvalue weighted by Crippen LogP contribution is 2.09. The fourth-order valence-corrected chi connectivity index (χ4v) is 1.42. The molecule has 0 saturated carbocycles. The molecule has 0 radical (unpaired) electrons. The molecular weight excluding hydrogens is 158 g/mol. The minimum atomic E-state index is -0.238. The van der Waals surface area contributed by atoms with Gasteiger partial charge in [-0.3, -0.25) is 10.1 Å². The summed E-state index contributed by atoms with van der Waals surface area (Å²) in [4.78, 5) is 23.7. The van der Waals surface area contributed by atoms with Crippen molar-refractivity contribution in [1.82, 2.24) is 15.5 Å². The Kier molecular flexibility index (Phi) is 1.73. The van der Waals surface area contributed by atoms with E-state index in [9.17, 15) is 9.59 Å². The lowest BCUT2D eigenvalue weighted by molar-refractivity contribution is -0.121. The smallest absolute Gasteiger partial charge is 0.318 e. The number of hydrogen-bond acceptors (Lipinski definition) is 3. The first-order valence-electron chi connectivity index (χ1n) is 4.08. The quantitative estimate of drug-likeness (QED) is 0.524. The van der Waals surface area contributed by atoms with Gasteiger partial charge in [-0.15, -0.1) is 0 Å². The van der Waals surface area contributed by atoms with Crippen LogP contribution in [-0.4, -0.2) is 42.5 Å². The van der Waals surface area contributed by atoms with Gasteiger partial charge in [-0.1, -0.05) is 0 Å². The molecule has 12 heavy (non-hydrogen) atoms. The Morgan fingerprint density at radius 3 is 2.58 bits per heavy atom. The van der Waals surface area contributed by atoms with Crippen molar-refractivity contribution >= 4 is 11.9 Å². The van der Waals surface area contributed by atoms with Crippen molar-refractivity contribution in [2.75, 3.05) is 19.6 Å². The van der Waals surface area contributed by atoms with Crippen LogP contribution in [0.25, 0.3) is 0 Å². The zero-order chi connectivity index (χ0) is 8.55. The summed E-state index contributed by atoms with van der Waals surface area (Å²) < 4.78 is 0. The lowest BCUT2D eigenvalue weighted by atomic mass is 10.1. The van der Waals surface area contributed by atoms with Crippen molar-refractivity contribution in [3.63, 3.8) is 0 Å². The van der Waals surface area contributed by atoms with Gasteiger partial charge in [0.1, 0.15) is 0 Å². The van der Waals surface area contributed by atoms with E-state index in [4.69, 9.17) is 0 Å². The maximum absolute atomic E-state index is 11.2. The fourth-order valence-electron chi connectivity index (χ4n) is 1.42. The third-order valence-corrected chi connectivity index (χ3v) is 2.29. The number of hydrogen-bond donors (Lipinski definition) is 2. The summed E-state index contributed by atoms with van der Waals surface area (Å²) in [7, 11) is 0. The lowest BCUT2D eigenvalue weighted by Crippen LogP contribution is -2.63. The van der Waals surface area contributed by atoms with Gasteiger partial charge in [0.15, 0.2) is 0 Å². The molecule has 0 aromatic heterocycles. The molecule has 2 aliphatic heterocycles. The number of imide groups is 1. The van der Waals surface area contributed by atoms with Crippen LogP contribution >= 0.6 is 0 Å². The number of rotatable bonds is 1. The summed E-state index contributed by atoms with van der Waals surface area (Å²) in [5.74, 6) is -0.163. The summed E-state index contributed by atoms with van der Waals surface area (Å²) in [5.41, 5.74) is 0. The molecule has 2 aliphatic rings. The normalized spacial score (nSPS) is 25.2. The van der Waals surface area contributed by atoms with E-state index in [-0.39, 0.29) is 18.0 Å². The molecule has 0 spiro atoms. The van der Waals surface area contributed by atoms with Crippen molar-refractivity contribution in [3.05, 3.63) is 0 Å². The second kappa shape index (κ2) is 2.75. The molecule has 2 rings (SSSR count). The maximum Gasteiger partial charge on any atom is 0.324 e. The van der Waals surface area contributed by atoms with Gasteiger partial charge >= 0.3 is 6.03 Å². The Bertz CT molecular complexity index is 225. The van der Waals surface area contributed by atoms with E-state index in [2.05, 4.69) is 10.6 Å². The van der Waals surface area contributed by atoms with Crippen molar-refractivity contribution < 1.29 is 9.59 Å². The number of nitrogens with one attached hydrogen (secondary N) is 2. The SMILES string of the molecule is O=C1CCN(C2CNC2)C(=O)N1. The fraction of sp³-hybridized carbons (Fsp3) is 0.714. The van der Waals surface area contributed by atoms with Crippen molar-refractivity contribution in [1.29, 1.82) is 0 Å². The Balaban J connectivity index is 1.97. The molecule has 66 valence electrons. The molecular formula is C7H11N3O2. The molecule has 5 nitrogen and oxygen atoms in total. The number of carbonyl (C=O) groups is 2. The van der Waals surface area contributed by atoms with Gasteiger partial charge in [-0.2, -0.15) is 0 Å². The Labute approximate surface area is 70.1 Å². The third-order valence-electron chi connectivity index (χ3n) is 2.29. The van der Waals surface area contributed by atoms with Gasteiger partial charge in [-0.05, 0) is 0 Å². The highest BCUT2D eigenvalue weighted by atomic mass is 16.2. The summed E-state index contributed by atoms with van der Waals surface area (Å²) in [6, 6.07) is 0.0517. The van der Waals surface area contributed by atoms with Gasteiger partial charge < -0.3 is 10.2 Å². The average molecular weight is 169 g/mol. The van der Waals surface area contributed by atoms with Crippen LogP contribution < -0.4 is 10.6 Å². The molecule has 3 amide bonds. The molecule has 0 atom stereocenters. The van der Waals surface area contributed by atoms with Crippen LogP contribution in [0.5, 0.6) is 0 Å². The molecule has 0 aromatic rings. The van der Waals surface area contributed by atoms with Crippen LogP contribution in [-0.2, 0) is 4.79 Å². The number of urea groups is 1. The van der Waals surface area contributed by atoms with Crippen LogP contribution in [0.1, 0.15) is 6.42 Å². The Morgan fingerprint density at radius 2 is 2.08 bits per heavy atom. The molecule has 0 bridgehead atoms. The number of carbonyl (C=O) groups excluding carboxylic acids is 2. The lowest BCUT2D eigenvalue weighted by Gasteiger charge is -2.39. The largest absolute Gasteiger partial charge is 0.324 e. The second-order valence-electron chi connectivity index (χ2n) is 3.11. The zero-order valence-electron chi connectivity index (χ0n) is 6.67. The van der Waals surface area contributed by atoms with Gasteiger partial charge in [0.05, 0.1) is 6.04 Å². The van der Waals surface area contributed by atoms with Crippen LogP contribution in [0.15, 0.2) is 0 Å². The van der Waals surface area contributed by atoms with Gasteiger partial charge in [0.25, 0.3) is 0 Å². The predicted molar refractivity (Wildman–Crippen MR) is 41.5 cm³/mol. The van der Waals surface area contributed by atoms with Crippen molar-refractivity contribution in [2.24, 2.45) is 0 Å². The van der Waals surface area contributed by atoms with E-state index in [0.29, 0.717) is 13.0 Å². The van der Waals surface area contributed by atoms with E-state index in [1.807, 2.05) is 0 Å². The minimum Gasteiger partial charge on any atom is -0.318 e. The summed E-state index contributed by atoms with van der Waals surface area (Å²) in [6.45, 7) is 2.26. The van der Waals surface area contributed by atoms with Crippen LogP contribution in [0.4, 0.5) is 4.79 Å². The van der Waals surface area contributed by atoms with E-state index in [0.717, 1.165) is 13.1 Å². The summed E-state index contributed by atoms with van der Waals surface area (Å²) in [6.07, 6.45) is 0.433. The van der Waals surface area contributed by atoms with E-state index < -0.39 is 0 Å². The van der Waals surface area contributed by atoms with E-state index in [1.165, 1.54) is 0 Å². The van der Waals surface area contributed by atoms with Crippen molar-refractivity contribution in [3.8, 4) is 0 Å². The van der Waals surface area contributed by atoms with E-state index in [1.54, 1.807) is 4.90 Å². The standard InChI is InChI=1S/C7H11N3O2/c11-6-1-2-10(7(12)9-6)5-3-8-4-5/h5,8H,1-4H2,(H,9,11,12). The first kappa shape index (κ1) is 7.54. The molecule has 2 saturated heterocycles. The van der Waals surface area contributed by atoms with Crippen LogP contribution in [0.2, 0.25) is 0 Å². The van der Waals surface area contributed by atoms with Gasteiger partial charge in [0, 0.05) is 26.1 Å². The predicted octanol–water partition coefficient (Wildman–Crippen LogP) is -1.10. The van der Waals surface area contributed by atoms with Gasteiger partial charge in [0.2, 0.25) is 5.91 Å². The summed E-state index contributed by atoms with van der Waals surface area (Å²) >= 11 is 0. The molecule has 0 aromatic carbocycles. The number of nitrogens with zero attached hydrogens (tertiary/aromatic N) is 1. The third kappa shape index (κ3) is 1.16. The highest BCUT2D eigenvalue weighted by molar-refractivity contribution is 5.96. The average Bonchev–Trinajstić information content (AvgIpc) is 1.91. The maximum atomic E-state index is 11.2. The monoisotopic (exact) mass is 169 g/mol. The van der Waals surface area contributed by atoms with E-state index >= 15 is 0 Å². The second-order valence-corrected chi connectivity index (χ2v) is 3.11. The number of amides is 3. The molecule has 2 heterocycles. The Hall–Kier alpha value is -1.10. The minimum absolute atomic E-state index is 0.163. The molecule has 0 aliphatic carbocycles. The van der Waals surface area contributed by atoms with Crippen LogP contribution in [0.3, 0.4) is 0 Å². The molecule has 2 N–H and O–H groups in total. The topological polar surface area (TPSA) is 61.4 Å². The molecule has 0 unspecified atom stereocenters. The molecule has 2 fully saturated rings. The van der Waals surface area contributed by atoms with Crippen LogP contribution in [0, 0.1) is 0 Å². The highest BCUT2D eigenvalue weighted by Gasteiger charge is 2.32. The summed E-state index contributed by atoms with van der Waals surface area (Å²) in [5, 5.41) is 5.38. The Morgan fingerprint density at radius 1 is 1.33 bits per heavy atom. The molecule has 5 heteroatoms. The van der Waals surface area contributed by atoms with Gasteiger partial charge in [-0.25, -0.2) is 4.79 Å². The first-order valence-corrected chi connectivity index (χ1v) is 4.08.